The summed E-state index contributed by atoms with van der Waals surface area (Å²) in [6, 6.07) is 22.5. The van der Waals surface area contributed by atoms with Crippen molar-refractivity contribution in [3.8, 4) is 56.8 Å². The molecule has 4 rings (SSSR count). The SMILES string of the molecule is COCCOc1ccccc1-c1cc(C=NCCN=Cc2cc(-c3ccccc3OCCOC)cc(OC)c2O)c(O)c(OC)c1.[Cl-].[Mn+2]. The molecule has 0 fully saturated rings. The van der Waals surface area contributed by atoms with Crippen molar-refractivity contribution in [2.24, 2.45) is 9.98 Å². The van der Waals surface area contributed by atoms with Crippen LogP contribution in [0.25, 0.3) is 22.3 Å². The first-order chi connectivity index (χ1) is 22.5. The number of ether oxygens (including phenoxy) is 6. The Morgan fingerprint density at radius 3 is 1.33 bits per heavy atom. The van der Waals surface area contributed by atoms with E-state index in [4.69, 9.17) is 28.4 Å². The summed E-state index contributed by atoms with van der Waals surface area (Å²) in [6.07, 6.45) is 3.18. The van der Waals surface area contributed by atoms with Crippen LogP contribution in [-0.2, 0) is 26.5 Å². The molecule has 0 aliphatic carbocycles. The van der Waals surface area contributed by atoms with Crippen molar-refractivity contribution in [3.63, 3.8) is 0 Å². The van der Waals surface area contributed by atoms with Gasteiger partial charge >= 0.3 is 17.1 Å². The maximum absolute atomic E-state index is 10.8. The monoisotopic (exact) mass is 718 g/mol. The molecule has 1 radical (unpaired) electrons. The Morgan fingerprint density at radius 1 is 0.562 bits per heavy atom. The number of hydrogen-bond acceptors (Lipinski definition) is 10. The molecule has 0 bridgehead atoms. The van der Waals surface area contributed by atoms with Crippen LogP contribution in [0, 0.1) is 0 Å². The molecule has 2 N–H and O–H groups in total. The van der Waals surface area contributed by atoms with E-state index in [1.54, 1.807) is 38.8 Å². The number of hydrogen-bond donors (Lipinski definition) is 2. The van der Waals surface area contributed by atoms with Crippen molar-refractivity contribution in [2.45, 2.75) is 0 Å². The third kappa shape index (κ3) is 10.6. The topological polar surface area (TPSA) is 121 Å². The molecule has 12 heteroatoms. The van der Waals surface area contributed by atoms with Gasteiger partial charge in [-0.15, -0.1) is 0 Å². The van der Waals surface area contributed by atoms with Crippen LogP contribution in [-0.4, -0.2) is 90.6 Å². The second-order valence-corrected chi connectivity index (χ2v) is 9.98. The number of aliphatic imine (C=N–C) groups is 2. The molecule has 0 heterocycles. The van der Waals surface area contributed by atoms with E-state index in [9.17, 15) is 10.2 Å². The van der Waals surface area contributed by atoms with Crippen LogP contribution in [0.15, 0.2) is 82.8 Å². The molecular formula is C36H40ClMnN2O8+. The summed E-state index contributed by atoms with van der Waals surface area (Å²) in [7, 11) is 6.25. The Kier molecular flexibility index (Phi) is 17.4. The van der Waals surface area contributed by atoms with Crippen molar-refractivity contribution in [3.05, 3.63) is 83.9 Å². The van der Waals surface area contributed by atoms with Crippen LogP contribution in [0.5, 0.6) is 34.5 Å². The number of phenols is 2. The van der Waals surface area contributed by atoms with Crippen LogP contribution in [0.1, 0.15) is 11.1 Å². The molecule has 0 saturated carbocycles. The van der Waals surface area contributed by atoms with Crippen LogP contribution < -0.4 is 31.4 Å². The van der Waals surface area contributed by atoms with Crippen LogP contribution in [0.3, 0.4) is 0 Å². The molecular weight excluding hydrogens is 679 g/mol. The fourth-order valence-electron chi connectivity index (χ4n) is 4.65. The predicted octanol–water partition coefficient (Wildman–Crippen LogP) is 3.04. The molecule has 4 aromatic carbocycles. The third-order valence-corrected chi connectivity index (χ3v) is 6.95. The van der Waals surface area contributed by atoms with Gasteiger partial charge in [0.25, 0.3) is 0 Å². The molecule has 4 aromatic rings. The number of phenolic OH excluding ortho intramolecular Hbond substituents is 2. The number of rotatable bonds is 17. The van der Waals surface area contributed by atoms with Gasteiger partial charge in [0, 0.05) is 48.9 Å². The van der Waals surface area contributed by atoms with E-state index in [0.29, 0.717) is 73.6 Å². The molecule has 10 nitrogen and oxygen atoms in total. The Labute approximate surface area is 298 Å². The molecule has 0 amide bonds. The van der Waals surface area contributed by atoms with Gasteiger partial charge in [0.2, 0.25) is 0 Å². The van der Waals surface area contributed by atoms with Crippen LogP contribution >= 0.6 is 0 Å². The average Bonchev–Trinajstić information content (AvgIpc) is 3.08. The second kappa shape index (κ2) is 20.9. The molecule has 0 aromatic heterocycles. The standard InChI is InChI=1S/C36H40N2O8.ClH.Mn/c1-41-15-17-45-31-11-7-5-9-29(31)25-19-27(35(39)33(21-25)43-3)23-37-13-14-38-24-28-20-26(22-34(44-4)36(28)40)30-10-6-8-12-32(30)46-18-16-42-2;;/h5-12,19-24,39-40H,13-18H2,1-4H3;1H;/q;;+2/p-1. The van der Waals surface area contributed by atoms with E-state index in [0.717, 1.165) is 22.3 Å². The van der Waals surface area contributed by atoms with Gasteiger partial charge in [-0.25, -0.2) is 0 Å². The summed E-state index contributed by atoms with van der Waals surface area (Å²) in [5, 5.41) is 21.6. The number of para-hydroxylation sites is 2. The minimum Gasteiger partial charge on any atom is -1.00 e. The van der Waals surface area contributed by atoms with Crippen molar-refractivity contribution >= 4 is 12.4 Å². The summed E-state index contributed by atoms with van der Waals surface area (Å²) < 4.78 is 32.9. The first-order valence-corrected chi connectivity index (χ1v) is 14.7. The van der Waals surface area contributed by atoms with E-state index < -0.39 is 0 Å². The molecule has 48 heavy (non-hydrogen) atoms. The van der Waals surface area contributed by atoms with Gasteiger partial charge in [0.15, 0.2) is 23.0 Å². The molecule has 0 saturated heterocycles. The maximum Gasteiger partial charge on any atom is 2.00 e. The molecule has 255 valence electrons. The summed E-state index contributed by atoms with van der Waals surface area (Å²) >= 11 is 0. The maximum atomic E-state index is 10.8. The van der Waals surface area contributed by atoms with Gasteiger partial charge in [0.1, 0.15) is 24.7 Å². The van der Waals surface area contributed by atoms with Crippen LogP contribution in [0.4, 0.5) is 0 Å². The van der Waals surface area contributed by atoms with E-state index in [2.05, 4.69) is 9.98 Å². The van der Waals surface area contributed by atoms with Crippen molar-refractivity contribution < 1.29 is 68.1 Å². The Morgan fingerprint density at radius 2 is 0.958 bits per heavy atom. The zero-order valence-electron chi connectivity index (χ0n) is 27.3. The number of methoxy groups -OCH3 is 4. The van der Waals surface area contributed by atoms with Gasteiger partial charge in [-0.05, 0) is 47.5 Å². The average molecular weight is 719 g/mol. The van der Waals surface area contributed by atoms with Gasteiger partial charge in [-0.1, -0.05) is 36.4 Å². The Hall–Kier alpha value is -4.25. The Balaban J connectivity index is 0.00000400. The van der Waals surface area contributed by atoms with Crippen LogP contribution in [0.2, 0.25) is 0 Å². The fourth-order valence-corrected chi connectivity index (χ4v) is 4.65. The summed E-state index contributed by atoms with van der Waals surface area (Å²) in [5.74, 6) is 1.98. The first-order valence-electron chi connectivity index (χ1n) is 14.7. The smallest absolute Gasteiger partial charge is 1.00 e. The number of nitrogens with zero attached hydrogens (tertiary/aromatic N) is 2. The van der Waals surface area contributed by atoms with Gasteiger partial charge < -0.3 is 51.0 Å². The molecule has 0 aliphatic rings. The van der Waals surface area contributed by atoms with Crippen molar-refractivity contribution in [1.82, 2.24) is 0 Å². The fraction of sp³-hybridized carbons (Fsp3) is 0.278. The predicted molar refractivity (Wildman–Crippen MR) is 180 cm³/mol. The number of aromatic hydroxyl groups is 2. The quantitative estimate of drug-likeness (QED) is 0.0972. The zero-order valence-corrected chi connectivity index (χ0v) is 29.3. The van der Waals surface area contributed by atoms with E-state index in [1.165, 1.54) is 14.2 Å². The molecule has 0 spiro atoms. The minimum atomic E-state index is -0.0170. The zero-order chi connectivity index (χ0) is 32.7. The van der Waals surface area contributed by atoms with E-state index in [-0.39, 0.29) is 41.0 Å². The van der Waals surface area contributed by atoms with Crippen molar-refractivity contribution in [1.29, 1.82) is 0 Å². The first kappa shape index (κ1) is 39.9. The van der Waals surface area contributed by atoms with Gasteiger partial charge in [-0.3, -0.25) is 9.98 Å². The largest absolute Gasteiger partial charge is 2.00 e. The second-order valence-electron chi connectivity index (χ2n) is 9.98. The number of benzene rings is 4. The molecule has 0 atom stereocenters. The van der Waals surface area contributed by atoms with E-state index in [1.807, 2.05) is 60.7 Å². The normalized spacial score (nSPS) is 10.8. The summed E-state index contributed by atoms with van der Waals surface area (Å²) in [4.78, 5) is 8.96. The van der Waals surface area contributed by atoms with Crippen molar-refractivity contribution in [2.75, 3.05) is 68.0 Å². The molecule has 0 aliphatic heterocycles. The van der Waals surface area contributed by atoms with Gasteiger partial charge in [0.05, 0.1) is 40.5 Å². The number of halogens is 1. The third-order valence-electron chi connectivity index (χ3n) is 6.95. The molecule has 0 unspecified atom stereocenters. The Bertz CT molecular complexity index is 1530. The summed E-state index contributed by atoms with van der Waals surface area (Å²) in [5.41, 5.74) is 4.28. The van der Waals surface area contributed by atoms with E-state index >= 15 is 0 Å². The minimum absolute atomic E-state index is 0. The van der Waals surface area contributed by atoms with Gasteiger partial charge in [-0.2, -0.15) is 0 Å². The summed E-state index contributed by atoms with van der Waals surface area (Å²) in [6.45, 7) is 2.42.